The number of H-pyrrole nitrogens is 2. The maximum absolute atomic E-state index is 12.0. The number of hydrazone groups is 1. The fourth-order valence-corrected chi connectivity index (χ4v) is 2.52. The maximum atomic E-state index is 12.0. The van der Waals surface area contributed by atoms with Crippen LogP contribution in [0.2, 0.25) is 0 Å². The zero-order valence-electron chi connectivity index (χ0n) is 12.7. The zero-order chi connectivity index (χ0) is 17.7. The summed E-state index contributed by atoms with van der Waals surface area (Å²) in [6.07, 6.45) is 2.00. The van der Waals surface area contributed by atoms with Gasteiger partial charge >= 0.3 is 5.69 Å². The normalized spacial score (nSPS) is 11.4. The van der Waals surface area contributed by atoms with Crippen molar-refractivity contribution in [2.75, 3.05) is 14.2 Å². The predicted molar refractivity (Wildman–Crippen MR) is 85.1 cm³/mol. The molecule has 0 saturated carbocycles. The summed E-state index contributed by atoms with van der Waals surface area (Å²) >= 11 is 0. The Kier molecular flexibility index (Phi) is 5.04. The molecule has 2 rings (SSSR count). The van der Waals surface area contributed by atoms with Gasteiger partial charge in [0.2, 0.25) is 0 Å². The molecule has 2 aromatic rings. The Morgan fingerprint density at radius 2 is 1.75 bits per heavy atom. The summed E-state index contributed by atoms with van der Waals surface area (Å²) in [5.41, 5.74) is -1.36. The van der Waals surface area contributed by atoms with Crippen molar-refractivity contribution in [3.63, 3.8) is 0 Å². The predicted octanol–water partition coefficient (Wildman–Crippen LogP) is -0.607. The summed E-state index contributed by atoms with van der Waals surface area (Å²) < 4.78 is 34.1. The average Bonchev–Trinajstić information content (AvgIpc) is 2.53. The van der Waals surface area contributed by atoms with E-state index in [2.05, 4.69) is 10.1 Å². The molecule has 1 aromatic heterocycles. The van der Waals surface area contributed by atoms with Crippen LogP contribution < -0.4 is 25.6 Å². The van der Waals surface area contributed by atoms with Crippen LogP contribution in [0.4, 0.5) is 0 Å². The fourth-order valence-electron chi connectivity index (χ4n) is 1.72. The highest BCUT2D eigenvalue weighted by Crippen LogP contribution is 2.21. The van der Waals surface area contributed by atoms with Crippen LogP contribution in [0.5, 0.6) is 11.5 Å². The lowest BCUT2D eigenvalue weighted by atomic mass is 10.2. The van der Waals surface area contributed by atoms with Crippen molar-refractivity contribution in [3.8, 4) is 11.5 Å². The standard InChI is InChI=1S/C13H14N4O6S/c1-22-9-3-8(4-10(5-9)23-2)6-15-17-24(20,21)11-7-14-13(19)16-12(11)18/h3-7,17H,1-2H3,(H2,14,16,18,19)/b15-6+. The summed E-state index contributed by atoms with van der Waals surface area (Å²) in [4.78, 5) is 27.5. The molecule has 1 aromatic carbocycles. The van der Waals surface area contributed by atoms with Crippen molar-refractivity contribution in [1.29, 1.82) is 0 Å². The lowest BCUT2D eigenvalue weighted by Gasteiger charge is -2.05. The first-order chi connectivity index (χ1) is 11.4. The van der Waals surface area contributed by atoms with E-state index in [1.807, 2.05) is 9.82 Å². The minimum absolute atomic E-state index is 0.496. The highest BCUT2D eigenvalue weighted by atomic mass is 32.2. The number of hydrogen-bond donors (Lipinski definition) is 3. The summed E-state index contributed by atoms with van der Waals surface area (Å²) in [5, 5.41) is 3.59. The Labute approximate surface area is 136 Å². The molecule has 0 aliphatic heterocycles. The van der Waals surface area contributed by atoms with Gasteiger partial charge in [0, 0.05) is 17.8 Å². The number of benzene rings is 1. The second-order valence-corrected chi connectivity index (χ2v) is 6.06. The quantitative estimate of drug-likeness (QED) is 0.467. The Hall–Kier alpha value is -3.08. The number of rotatable bonds is 6. The van der Waals surface area contributed by atoms with Crippen LogP contribution in [0.1, 0.15) is 5.56 Å². The fraction of sp³-hybridized carbons (Fsp3) is 0.154. The van der Waals surface area contributed by atoms with E-state index in [9.17, 15) is 18.0 Å². The first-order valence-electron chi connectivity index (χ1n) is 6.45. The van der Waals surface area contributed by atoms with Gasteiger partial charge in [-0.15, -0.1) is 0 Å². The lowest BCUT2D eigenvalue weighted by Crippen LogP contribution is -2.31. The van der Waals surface area contributed by atoms with Gasteiger partial charge in [0.1, 0.15) is 11.5 Å². The highest BCUT2D eigenvalue weighted by Gasteiger charge is 2.17. The van der Waals surface area contributed by atoms with Crippen LogP contribution >= 0.6 is 0 Å². The van der Waals surface area contributed by atoms with Gasteiger partial charge in [-0.2, -0.15) is 18.4 Å². The molecule has 0 aliphatic carbocycles. The molecular formula is C13H14N4O6S. The number of nitrogens with zero attached hydrogens (tertiary/aromatic N) is 1. The summed E-state index contributed by atoms with van der Waals surface area (Å²) in [6.45, 7) is 0. The number of aromatic amines is 2. The monoisotopic (exact) mass is 354 g/mol. The molecule has 0 saturated heterocycles. The van der Waals surface area contributed by atoms with Crippen LogP contribution in [0, 0.1) is 0 Å². The minimum atomic E-state index is -4.23. The molecular weight excluding hydrogens is 340 g/mol. The molecule has 1 heterocycles. The number of aromatic nitrogens is 2. The molecule has 0 atom stereocenters. The van der Waals surface area contributed by atoms with Gasteiger partial charge in [-0.25, -0.2) is 4.79 Å². The third-order valence-electron chi connectivity index (χ3n) is 2.84. The van der Waals surface area contributed by atoms with E-state index in [1.54, 1.807) is 18.2 Å². The van der Waals surface area contributed by atoms with E-state index in [0.717, 1.165) is 6.20 Å². The number of sulfonamides is 1. The third kappa shape index (κ3) is 4.01. The van der Waals surface area contributed by atoms with E-state index in [1.165, 1.54) is 20.4 Å². The molecule has 11 heteroatoms. The summed E-state index contributed by atoms with van der Waals surface area (Å²) in [7, 11) is -1.29. The van der Waals surface area contributed by atoms with Gasteiger partial charge < -0.3 is 14.5 Å². The number of ether oxygens (including phenoxy) is 2. The molecule has 0 unspecified atom stereocenters. The van der Waals surface area contributed by atoms with E-state index in [4.69, 9.17) is 9.47 Å². The first kappa shape index (κ1) is 17.3. The minimum Gasteiger partial charge on any atom is -0.497 e. The molecule has 0 aliphatic rings. The van der Waals surface area contributed by atoms with Gasteiger partial charge in [0.15, 0.2) is 4.90 Å². The van der Waals surface area contributed by atoms with Crippen LogP contribution in [-0.4, -0.2) is 38.8 Å². The van der Waals surface area contributed by atoms with Crippen molar-refractivity contribution in [1.82, 2.24) is 14.8 Å². The maximum Gasteiger partial charge on any atom is 0.325 e. The van der Waals surface area contributed by atoms with Gasteiger partial charge in [-0.1, -0.05) is 0 Å². The molecule has 24 heavy (non-hydrogen) atoms. The molecule has 0 fully saturated rings. The Bertz CT molecular complexity index is 954. The van der Waals surface area contributed by atoms with Crippen LogP contribution in [0.15, 0.2) is 44.0 Å². The van der Waals surface area contributed by atoms with Crippen molar-refractivity contribution in [2.45, 2.75) is 4.90 Å². The van der Waals surface area contributed by atoms with Crippen LogP contribution in [-0.2, 0) is 10.0 Å². The van der Waals surface area contributed by atoms with E-state index in [-0.39, 0.29) is 0 Å². The molecule has 0 radical (unpaired) electrons. The molecule has 0 spiro atoms. The van der Waals surface area contributed by atoms with Crippen molar-refractivity contribution < 1.29 is 17.9 Å². The lowest BCUT2D eigenvalue weighted by molar-refractivity contribution is 0.394. The van der Waals surface area contributed by atoms with Gasteiger partial charge in [-0.3, -0.25) is 9.78 Å². The molecule has 0 bridgehead atoms. The Morgan fingerprint density at radius 1 is 1.12 bits per heavy atom. The number of nitrogens with one attached hydrogen (secondary N) is 3. The van der Waals surface area contributed by atoms with E-state index < -0.39 is 26.2 Å². The number of methoxy groups -OCH3 is 2. The Morgan fingerprint density at radius 3 is 2.29 bits per heavy atom. The van der Waals surface area contributed by atoms with Crippen molar-refractivity contribution in [3.05, 3.63) is 50.8 Å². The second-order valence-electron chi connectivity index (χ2n) is 4.44. The Balaban J connectivity index is 2.24. The number of hydrogen-bond acceptors (Lipinski definition) is 7. The first-order valence-corrected chi connectivity index (χ1v) is 7.94. The van der Waals surface area contributed by atoms with Crippen molar-refractivity contribution >= 4 is 16.2 Å². The molecule has 10 nitrogen and oxygen atoms in total. The van der Waals surface area contributed by atoms with Crippen molar-refractivity contribution in [2.24, 2.45) is 5.10 Å². The van der Waals surface area contributed by atoms with E-state index in [0.29, 0.717) is 17.1 Å². The zero-order valence-corrected chi connectivity index (χ0v) is 13.5. The largest absolute Gasteiger partial charge is 0.497 e. The SMILES string of the molecule is COc1cc(/C=N/NS(=O)(=O)c2c[nH]c(=O)[nH]c2=O)cc(OC)c1. The topological polar surface area (TPSA) is 143 Å². The summed E-state index contributed by atoms with van der Waals surface area (Å²) in [6, 6.07) is 4.85. The highest BCUT2D eigenvalue weighted by molar-refractivity contribution is 7.89. The van der Waals surface area contributed by atoms with Gasteiger partial charge in [0.05, 0.1) is 20.4 Å². The van der Waals surface area contributed by atoms with E-state index >= 15 is 0 Å². The molecule has 0 amide bonds. The third-order valence-corrected chi connectivity index (χ3v) is 4.06. The average molecular weight is 354 g/mol. The smallest absolute Gasteiger partial charge is 0.325 e. The van der Waals surface area contributed by atoms with Gasteiger partial charge in [0.25, 0.3) is 15.6 Å². The molecule has 3 N–H and O–H groups in total. The summed E-state index contributed by atoms with van der Waals surface area (Å²) in [5.74, 6) is 0.992. The second kappa shape index (κ2) is 7.00. The molecule has 128 valence electrons. The van der Waals surface area contributed by atoms with Crippen LogP contribution in [0.25, 0.3) is 0 Å². The van der Waals surface area contributed by atoms with Crippen LogP contribution in [0.3, 0.4) is 0 Å². The van der Waals surface area contributed by atoms with Gasteiger partial charge in [-0.05, 0) is 12.1 Å².